The average Bonchev–Trinajstić information content (AvgIpc) is 3.26. The van der Waals surface area contributed by atoms with E-state index in [0.717, 1.165) is 16.9 Å². The van der Waals surface area contributed by atoms with Crippen LogP contribution in [0.1, 0.15) is 21.7 Å². The molecule has 1 aromatic heterocycles. The normalized spacial score (nSPS) is 14.1. The Labute approximate surface area is 184 Å². The molecule has 1 aliphatic heterocycles. The minimum absolute atomic E-state index is 0.181. The van der Waals surface area contributed by atoms with Gasteiger partial charge in [-0.15, -0.1) is 4.40 Å². The van der Waals surface area contributed by atoms with Crippen molar-refractivity contribution in [1.29, 1.82) is 0 Å². The van der Waals surface area contributed by atoms with E-state index in [-0.39, 0.29) is 16.6 Å². The van der Waals surface area contributed by atoms with Gasteiger partial charge in [0.2, 0.25) is 0 Å². The summed E-state index contributed by atoms with van der Waals surface area (Å²) >= 11 is 0. The number of fused-ring (bicyclic) bond motifs is 2. The molecule has 160 valence electrons. The number of carbonyl (C=O) groups excluding carboxylic acids is 1. The number of carbonyl (C=O) groups is 1. The Morgan fingerprint density at radius 1 is 0.969 bits per heavy atom. The van der Waals surface area contributed by atoms with Gasteiger partial charge in [0.25, 0.3) is 15.9 Å². The van der Waals surface area contributed by atoms with Crippen LogP contribution in [0.4, 0.5) is 5.69 Å². The fourth-order valence-electron chi connectivity index (χ4n) is 3.65. The van der Waals surface area contributed by atoms with Gasteiger partial charge in [-0.05, 0) is 48.5 Å². The molecule has 0 unspecified atom stereocenters. The number of rotatable bonds is 4. The third-order valence-electron chi connectivity index (χ3n) is 5.33. The molecular weight excluding hydrogens is 426 g/mol. The first-order valence-corrected chi connectivity index (χ1v) is 11.4. The molecule has 0 fully saturated rings. The van der Waals surface area contributed by atoms with Crippen molar-refractivity contribution >= 4 is 38.5 Å². The number of nitrogens with zero attached hydrogens (tertiary/aromatic N) is 3. The van der Waals surface area contributed by atoms with Crippen molar-refractivity contribution < 1.29 is 13.2 Å². The summed E-state index contributed by atoms with van der Waals surface area (Å²) in [4.78, 5) is 17.3. The topological polar surface area (TPSA) is 105 Å². The zero-order valence-electron chi connectivity index (χ0n) is 17.1. The van der Waals surface area contributed by atoms with Crippen LogP contribution < -0.4 is 10.6 Å². The van der Waals surface area contributed by atoms with Crippen molar-refractivity contribution in [3.05, 3.63) is 89.7 Å². The number of imidazole rings is 1. The molecule has 4 aromatic rings. The van der Waals surface area contributed by atoms with Gasteiger partial charge in [0.15, 0.2) is 5.84 Å². The second-order valence-corrected chi connectivity index (χ2v) is 8.94. The van der Waals surface area contributed by atoms with Crippen molar-refractivity contribution in [2.24, 2.45) is 11.4 Å². The standard InChI is InChI=1S/C23H19N5O3S/c1-28-19-8-4-3-7-18(19)26-21(28)14-24-23(29)15-10-12-16(13-11-15)25-22-17-6-2-5-9-20(17)32(30,31)27-22/h2-13H,14H2,1H3,(H,24,29)(H,25,27). The van der Waals surface area contributed by atoms with E-state index in [1.807, 2.05) is 35.9 Å². The summed E-state index contributed by atoms with van der Waals surface area (Å²) in [7, 11) is -1.77. The number of aryl methyl sites for hydroxylation is 1. The highest BCUT2D eigenvalue weighted by Crippen LogP contribution is 2.26. The number of nitrogens with one attached hydrogen (secondary N) is 2. The van der Waals surface area contributed by atoms with Gasteiger partial charge in [-0.1, -0.05) is 24.3 Å². The maximum Gasteiger partial charge on any atom is 0.285 e. The van der Waals surface area contributed by atoms with Crippen LogP contribution in [0.15, 0.2) is 82.1 Å². The highest BCUT2D eigenvalue weighted by atomic mass is 32.2. The molecule has 2 N–H and O–H groups in total. The van der Waals surface area contributed by atoms with E-state index in [2.05, 4.69) is 20.0 Å². The van der Waals surface area contributed by atoms with E-state index in [1.54, 1.807) is 42.5 Å². The molecule has 0 aliphatic carbocycles. The lowest BCUT2D eigenvalue weighted by Gasteiger charge is -2.08. The predicted octanol–water partition coefficient (Wildman–Crippen LogP) is 3.06. The number of para-hydroxylation sites is 2. The van der Waals surface area contributed by atoms with Gasteiger partial charge in [0.1, 0.15) is 10.7 Å². The molecule has 1 aliphatic rings. The molecule has 9 heteroatoms. The minimum atomic E-state index is -3.69. The summed E-state index contributed by atoms with van der Waals surface area (Å²) in [5.41, 5.74) is 3.52. The number of amides is 1. The molecule has 0 saturated carbocycles. The molecule has 0 spiro atoms. The first-order chi connectivity index (χ1) is 15.4. The Morgan fingerprint density at radius 3 is 2.47 bits per heavy atom. The van der Waals surface area contributed by atoms with Crippen LogP contribution in [0.3, 0.4) is 0 Å². The van der Waals surface area contributed by atoms with Crippen LogP contribution in [0, 0.1) is 0 Å². The number of hydrogen-bond donors (Lipinski definition) is 2. The number of hydrogen-bond acceptors (Lipinski definition) is 5. The third kappa shape index (κ3) is 3.52. The van der Waals surface area contributed by atoms with E-state index in [1.165, 1.54) is 6.07 Å². The zero-order chi connectivity index (χ0) is 22.3. The Bertz CT molecular complexity index is 1490. The molecule has 5 rings (SSSR count). The van der Waals surface area contributed by atoms with Crippen molar-refractivity contribution in [2.45, 2.75) is 11.4 Å². The molecule has 32 heavy (non-hydrogen) atoms. The zero-order valence-corrected chi connectivity index (χ0v) is 17.9. The molecule has 1 amide bonds. The average molecular weight is 446 g/mol. The first-order valence-electron chi connectivity index (χ1n) is 9.92. The van der Waals surface area contributed by atoms with Crippen molar-refractivity contribution in [2.75, 3.05) is 5.32 Å². The lowest BCUT2D eigenvalue weighted by molar-refractivity contribution is 0.0949. The number of benzene rings is 3. The highest BCUT2D eigenvalue weighted by molar-refractivity contribution is 7.90. The summed E-state index contributed by atoms with van der Waals surface area (Å²) in [5.74, 6) is 0.798. The van der Waals surface area contributed by atoms with E-state index < -0.39 is 10.0 Å². The Morgan fingerprint density at radius 2 is 1.69 bits per heavy atom. The first kappa shape index (κ1) is 20.0. The molecular formula is C23H19N5O3S. The lowest BCUT2D eigenvalue weighted by atomic mass is 10.1. The van der Waals surface area contributed by atoms with Gasteiger partial charge in [0, 0.05) is 23.9 Å². The van der Waals surface area contributed by atoms with Crippen molar-refractivity contribution in [3.63, 3.8) is 0 Å². The number of sulfonamides is 1. The van der Waals surface area contributed by atoms with E-state index in [9.17, 15) is 13.2 Å². The second-order valence-electron chi connectivity index (χ2n) is 7.37. The molecule has 0 saturated heterocycles. The highest BCUT2D eigenvalue weighted by Gasteiger charge is 2.28. The van der Waals surface area contributed by atoms with E-state index >= 15 is 0 Å². The monoisotopic (exact) mass is 445 g/mol. The quantitative estimate of drug-likeness (QED) is 0.502. The van der Waals surface area contributed by atoms with Gasteiger partial charge in [-0.25, -0.2) is 4.98 Å². The van der Waals surface area contributed by atoms with Crippen LogP contribution in [0.25, 0.3) is 11.0 Å². The molecule has 0 radical (unpaired) electrons. The van der Waals surface area contributed by atoms with Crippen LogP contribution in [0.2, 0.25) is 0 Å². The van der Waals surface area contributed by atoms with Gasteiger partial charge in [-0.2, -0.15) is 8.42 Å². The molecule has 8 nitrogen and oxygen atoms in total. The van der Waals surface area contributed by atoms with E-state index in [0.29, 0.717) is 23.4 Å². The Hall–Kier alpha value is -3.98. The van der Waals surface area contributed by atoms with Crippen LogP contribution >= 0.6 is 0 Å². The molecule has 0 bridgehead atoms. The fraction of sp³-hybridized carbons (Fsp3) is 0.0870. The van der Waals surface area contributed by atoms with E-state index in [4.69, 9.17) is 0 Å². The predicted molar refractivity (Wildman–Crippen MR) is 122 cm³/mol. The van der Waals surface area contributed by atoms with Crippen LogP contribution in [0.5, 0.6) is 0 Å². The van der Waals surface area contributed by atoms with Gasteiger partial charge in [-0.3, -0.25) is 4.79 Å². The fourth-order valence-corrected chi connectivity index (χ4v) is 4.83. The SMILES string of the molecule is Cn1c(CNC(=O)c2ccc(NC3=NS(=O)(=O)c4ccccc43)cc2)nc2ccccc21. The summed E-state index contributed by atoms with van der Waals surface area (Å²) in [6.07, 6.45) is 0. The Balaban J connectivity index is 1.28. The molecule has 0 atom stereocenters. The van der Waals surface area contributed by atoms with Gasteiger partial charge >= 0.3 is 0 Å². The summed E-state index contributed by atoms with van der Waals surface area (Å²) in [6, 6.07) is 21.2. The van der Waals surface area contributed by atoms with Gasteiger partial charge < -0.3 is 15.2 Å². The van der Waals surface area contributed by atoms with Crippen molar-refractivity contribution in [3.8, 4) is 0 Å². The number of anilines is 1. The number of amidine groups is 1. The summed E-state index contributed by atoms with van der Waals surface area (Å²) < 4.78 is 30.1. The van der Waals surface area contributed by atoms with Crippen LogP contribution in [-0.4, -0.2) is 29.7 Å². The second kappa shape index (κ2) is 7.61. The smallest absolute Gasteiger partial charge is 0.285 e. The number of aromatic nitrogens is 2. The van der Waals surface area contributed by atoms with Crippen molar-refractivity contribution in [1.82, 2.24) is 14.9 Å². The summed E-state index contributed by atoms with van der Waals surface area (Å²) in [5, 5.41) is 5.91. The van der Waals surface area contributed by atoms with Crippen LogP contribution in [-0.2, 0) is 23.6 Å². The Kier molecular flexibility index (Phi) is 4.75. The third-order valence-corrected chi connectivity index (χ3v) is 6.66. The molecule has 2 heterocycles. The maximum absolute atomic E-state index is 12.6. The maximum atomic E-state index is 12.6. The largest absolute Gasteiger partial charge is 0.345 e. The molecule has 3 aromatic carbocycles. The summed E-state index contributed by atoms with van der Waals surface area (Å²) in [6.45, 7) is 0.301. The minimum Gasteiger partial charge on any atom is -0.345 e. The lowest BCUT2D eigenvalue weighted by Crippen LogP contribution is -2.24. The van der Waals surface area contributed by atoms with Gasteiger partial charge in [0.05, 0.1) is 17.6 Å².